The van der Waals surface area contributed by atoms with Gasteiger partial charge < -0.3 is 30.2 Å². The lowest BCUT2D eigenvalue weighted by molar-refractivity contribution is -0.134. The summed E-state index contributed by atoms with van der Waals surface area (Å²) in [6, 6.07) is 14.0. The Labute approximate surface area is 193 Å². The third-order valence-corrected chi connectivity index (χ3v) is 6.19. The average molecular weight is 450 g/mol. The van der Waals surface area contributed by atoms with Gasteiger partial charge in [-0.25, -0.2) is 4.79 Å². The number of anilines is 1. The summed E-state index contributed by atoms with van der Waals surface area (Å²) in [5.74, 6) is 0.494. The van der Waals surface area contributed by atoms with Crippen molar-refractivity contribution in [2.75, 3.05) is 45.2 Å². The van der Waals surface area contributed by atoms with E-state index in [2.05, 4.69) is 27.4 Å². The zero-order valence-electron chi connectivity index (χ0n) is 19.1. The molecule has 3 amide bonds. The normalized spacial score (nSPS) is 15.3. The number of likely N-dealkylation sites (N-methyl/N-ethyl adjacent to an activating group) is 1. The number of H-pyrrole nitrogens is 1. The maximum atomic E-state index is 13.5. The van der Waals surface area contributed by atoms with Crippen molar-refractivity contribution in [2.24, 2.45) is 0 Å². The van der Waals surface area contributed by atoms with Gasteiger partial charge in [0.25, 0.3) is 0 Å². The smallest absolute Gasteiger partial charge is 0.320 e. The predicted octanol–water partition coefficient (Wildman–Crippen LogP) is 3.07. The monoisotopic (exact) mass is 449 g/mol. The van der Waals surface area contributed by atoms with Crippen molar-refractivity contribution in [3.8, 4) is 5.75 Å². The van der Waals surface area contributed by atoms with E-state index < -0.39 is 12.1 Å². The minimum atomic E-state index is -0.688. The van der Waals surface area contributed by atoms with Crippen molar-refractivity contribution in [3.63, 3.8) is 0 Å². The number of benzene rings is 2. The summed E-state index contributed by atoms with van der Waals surface area (Å²) in [6.07, 6.45) is 2.32. The quantitative estimate of drug-likeness (QED) is 0.517. The van der Waals surface area contributed by atoms with Crippen LogP contribution >= 0.6 is 0 Å². The highest BCUT2D eigenvalue weighted by Gasteiger charge is 2.29. The second kappa shape index (κ2) is 10.4. The van der Waals surface area contributed by atoms with Crippen molar-refractivity contribution in [1.82, 2.24) is 20.1 Å². The first-order chi connectivity index (χ1) is 16.1. The predicted molar refractivity (Wildman–Crippen MR) is 130 cm³/mol. The molecular weight excluding hydrogens is 418 g/mol. The van der Waals surface area contributed by atoms with Crippen molar-refractivity contribution in [2.45, 2.75) is 19.4 Å². The van der Waals surface area contributed by atoms with Crippen LogP contribution in [0.3, 0.4) is 0 Å². The standard InChI is InChI=1S/C25H31N5O3/c1-3-29-12-14-30(15-13-29)24(31)22(16-18-17-26-20-9-5-4-8-19(18)20)28-25(32)27-21-10-6-7-11-23(21)33-2/h4-11,17,22,26H,3,12-16H2,1-2H3,(H2,27,28,32). The Morgan fingerprint density at radius 3 is 2.55 bits per heavy atom. The van der Waals surface area contributed by atoms with E-state index >= 15 is 0 Å². The number of hydrogen-bond donors (Lipinski definition) is 3. The highest BCUT2D eigenvalue weighted by atomic mass is 16.5. The lowest BCUT2D eigenvalue weighted by Gasteiger charge is -2.36. The maximum absolute atomic E-state index is 13.5. The molecule has 0 aliphatic carbocycles. The van der Waals surface area contributed by atoms with Gasteiger partial charge in [0.1, 0.15) is 11.8 Å². The highest BCUT2D eigenvalue weighted by molar-refractivity contribution is 5.95. The molecule has 1 atom stereocenters. The molecule has 2 aromatic carbocycles. The highest BCUT2D eigenvalue weighted by Crippen LogP contribution is 2.23. The summed E-state index contributed by atoms with van der Waals surface area (Å²) < 4.78 is 5.32. The Morgan fingerprint density at radius 1 is 1.06 bits per heavy atom. The topological polar surface area (TPSA) is 89.7 Å². The number of para-hydroxylation sites is 3. The number of amides is 3. The Hall–Kier alpha value is -3.52. The number of piperazine rings is 1. The van der Waals surface area contributed by atoms with E-state index in [0.29, 0.717) is 30.9 Å². The number of hydrogen-bond acceptors (Lipinski definition) is 4. The molecule has 0 saturated carbocycles. The van der Waals surface area contributed by atoms with Crippen LogP contribution in [0, 0.1) is 0 Å². The van der Waals surface area contributed by atoms with Gasteiger partial charge in [-0.1, -0.05) is 37.3 Å². The van der Waals surface area contributed by atoms with Crippen LogP contribution in [0.4, 0.5) is 10.5 Å². The van der Waals surface area contributed by atoms with Crippen LogP contribution < -0.4 is 15.4 Å². The molecule has 3 N–H and O–H groups in total. The molecule has 1 aliphatic heterocycles. The number of carbonyl (C=O) groups excluding carboxylic acids is 2. The molecule has 33 heavy (non-hydrogen) atoms. The van der Waals surface area contributed by atoms with Crippen LogP contribution in [-0.4, -0.2) is 72.6 Å². The summed E-state index contributed by atoms with van der Waals surface area (Å²) >= 11 is 0. The minimum Gasteiger partial charge on any atom is -0.495 e. The van der Waals surface area contributed by atoms with Crippen LogP contribution in [0.15, 0.2) is 54.7 Å². The van der Waals surface area contributed by atoms with Crippen LogP contribution in [0.25, 0.3) is 10.9 Å². The Kier molecular flexibility index (Phi) is 7.14. The summed E-state index contributed by atoms with van der Waals surface area (Å²) in [5, 5.41) is 6.79. The van der Waals surface area contributed by atoms with E-state index in [1.807, 2.05) is 47.5 Å². The third-order valence-electron chi connectivity index (χ3n) is 6.19. The molecule has 2 heterocycles. The number of nitrogens with one attached hydrogen (secondary N) is 3. The average Bonchev–Trinajstić information content (AvgIpc) is 3.26. The fourth-order valence-corrected chi connectivity index (χ4v) is 4.29. The molecule has 174 valence electrons. The first-order valence-electron chi connectivity index (χ1n) is 11.4. The first kappa shape index (κ1) is 22.7. The largest absolute Gasteiger partial charge is 0.495 e. The SMILES string of the molecule is CCN1CCN(C(=O)C(Cc2c[nH]c3ccccc23)NC(=O)Nc2ccccc2OC)CC1. The number of ether oxygens (including phenoxy) is 1. The lowest BCUT2D eigenvalue weighted by atomic mass is 10.0. The van der Waals surface area contributed by atoms with Crippen LogP contribution in [-0.2, 0) is 11.2 Å². The zero-order valence-corrected chi connectivity index (χ0v) is 19.1. The molecule has 8 nitrogen and oxygen atoms in total. The van der Waals surface area contributed by atoms with Gasteiger partial charge in [0.2, 0.25) is 5.91 Å². The fourth-order valence-electron chi connectivity index (χ4n) is 4.29. The van der Waals surface area contributed by atoms with Crippen LogP contribution in [0.2, 0.25) is 0 Å². The Bertz CT molecular complexity index is 1100. The Balaban J connectivity index is 1.53. The fraction of sp³-hybridized carbons (Fsp3) is 0.360. The second-order valence-corrected chi connectivity index (χ2v) is 8.17. The molecule has 4 rings (SSSR count). The van der Waals surface area contributed by atoms with Crippen molar-refractivity contribution in [1.29, 1.82) is 0 Å². The van der Waals surface area contributed by atoms with Gasteiger partial charge in [-0.2, -0.15) is 0 Å². The molecule has 1 fully saturated rings. The van der Waals surface area contributed by atoms with E-state index in [9.17, 15) is 9.59 Å². The van der Waals surface area contributed by atoms with E-state index in [1.165, 1.54) is 0 Å². The molecule has 3 aromatic rings. The van der Waals surface area contributed by atoms with E-state index in [0.717, 1.165) is 36.1 Å². The third kappa shape index (κ3) is 5.28. The number of fused-ring (bicyclic) bond motifs is 1. The summed E-state index contributed by atoms with van der Waals surface area (Å²) in [5.41, 5.74) is 2.55. The van der Waals surface area contributed by atoms with Crippen molar-refractivity contribution in [3.05, 3.63) is 60.3 Å². The number of aromatic amines is 1. The number of nitrogens with zero attached hydrogens (tertiary/aromatic N) is 2. The lowest BCUT2D eigenvalue weighted by Crippen LogP contribution is -2.56. The van der Waals surface area contributed by atoms with Gasteiger partial charge in [0, 0.05) is 49.7 Å². The molecule has 1 unspecified atom stereocenters. The Morgan fingerprint density at radius 2 is 1.79 bits per heavy atom. The van der Waals surface area contributed by atoms with Gasteiger partial charge in [0.05, 0.1) is 12.8 Å². The molecule has 1 aromatic heterocycles. The molecular formula is C25H31N5O3. The number of carbonyl (C=O) groups is 2. The number of aromatic nitrogens is 1. The van der Waals surface area contributed by atoms with Gasteiger partial charge in [-0.05, 0) is 30.3 Å². The van der Waals surface area contributed by atoms with Crippen molar-refractivity contribution < 1.29 is 14.3 Å². The molecule has 0 spiro atoms. The second-order valence-electron chi connectivity index (χ2n) is 8.17. The van der Waals surface area contributed by atoms with Crippen molar-refractivity contribution >= 4 is 28.5 Å². The molecule has 0 radical (unpaired) electrons. The van der Waals surface area contributed by atoms with E-state index in [4.69, 9.17) is 4.74 Å². The van der Waals surface area contributed by atoms with Gasteiger partial charge in [0.15, 0.2) is 0 Å². The maximum Gasteiger partial charge on any atom is 0.320 e. The number of rotatable bonds is 7. The number of urea groups is 1. The van der Waals surface area contributed by atoms with Crippen LogP contribution in [0.1, 0.15) is 12.5 Å². The molecule has 0 bridgehead atoms. The van der Waals surface area contributed by atoms with Gasteiger partial charge in [-0.3, -0.25) is 4.79 Å². The molecule has 8 heteroatoms. The van der Waals surface area contributed by atoms with Gasteiger partial charge in [-0.15, -0.1) is 0 Å². The van der Waals surface area contributed by atoms with E-state index in [1.54, 1.807) is 19.2 Å². The first-order valence-corrected chi connectivity index (χ1v) is 11.4. The summed E-state index contributed by atoms with van der Waals surface area (Å²) in [4.78, 5) is 33.8. The van der Waals surface area contributed by atoms with Crippen LogP contribution in [0.5, 0.6) is 5.75 Å². The van der Waals surface area contributed by atoms with E-state index in [-0.39, 0.29) is 5.91 Å². The molecule has 1 saturated heterocycles. The zero-order chi connectivity index (χ0) is 23.2. The molecule has 1 aliphatic rings. The number of methoxy groups -OCH3 is 1. The van der Waals surface area contributed by atoms with Gasteiger partial charge >= 0.3 is 6.03 Å². The summed E-state index contributed by atoms with van der Waals surface area (Å²) in [7, 11) is 1.55. The summed E-state index contributed by atoms with van der Waals surface area (Å²) in [6.45, 7) is 6.10. The minimum absolute atomic E-state index is 0.0637.